The maximum absolute atomic E-state index is 6.05. The second kappa shape index (κ2) is 6.00. The van der Waals surface area contributed by atoms with Crippen LogP contribution in [0.25, 0.3) is 0 Å². The molecule has 0 amide bonds. The molecule has 0 spiro atoms. The molecule has 2 N–H and O–H groups in total. The Morgan fingerprint density at radius 3 is 2.76 bits per heavy atom. The number of nitrogens with one attached hydrogen (secondary N) is 2. The average molecular weight is 318 g/mol. The van der Waals surface area contributed by atoms with Gasteiger partial charge in [0.15, 0.2) is 10.9 Å². The third kappa shape index (κ3) is 3.52. The molecule has 21 heavy (non-hydrogen) atoms. The van der Waals surface area contributed by atoms with Gasteiger partial charge in [0.25, 0.3) is 0 Å². The van der Waals surface area contributed by atoms with Gasteiger partial charge in [-0.05, 0) is 43.3 Å². The van der Waals surface area contributed by atoms with Crippen molar-refractivity contribution in [2.24, 2.45) is 0 Å². The minimum atomic E-state index is 0.384. The van der Waals surface area contributed by atoms with Crippen molar-refractivity contribution in [1.29, 1.82) is 0 Å². The predicted molar refractivity (Wildman–Crippen MR) is 90.9 cm³/mol. The van der Waals surface area contributed by atoms with Crippen molar-refractivity contribution in [2.45, 2.75) is 25.3 Å². The monoisotopic (exact) mass is 317 g/mol. The molecule has 1 saturated carbocycles. The largest absolute Gasteiger partial charge is 0.359 e. The normalized spacial score (nSPS) is 19.9. The number of thiocarbonyl (C=S) groups is 1. The summed E-state index contributed by atoms with van der Waals surface area (Å²) in [4.78, 5) is 4.16. The van der Waals surface area contributed by atoms with Crippen LogP contribution in [0.1, 0.15) is 23.5 Å². The molecule has 0 bridgehead atoms. The van der Waals surface area contributed by atoms with Gasteiger partial charge in [-0.1, -0.05) is 41.4 Å². The van der Waals surface area contributed by atoms with Crippen LogP contribution in [-0.2, 0) is 0 Å². The number of rotatable bonds is 3. The first-order chi connectivity index (χ1) is 10.1. The molecule has 3 nitrogen and oxygen atoms in total. The molecule has 0 aliphatic heterocycles. The Labute approximate surface area is 134 Å². The fourth-order valence-corrected chi connectivity index (χ4v) is 2.74. The average Bonchev–Trinajstić information content (AvgIpc) is 3.21. The minimum Gasteiger partial charge on any atom is -0.359 e. The number of pyridine rings is 1. The maximum Gasteiger partial charge on any atom is 0.172 e. The zero-order valence-electron chi connectivity index (χ0n) is 11.6. The van der Waals surface area contributed by atoms with Gasteiger partial charge in [0.1, 0.15) is 0 Å². The molecule has 1 fully saturated rings. The first kappa shape index (κ1) is 14.3. The molecule has 0 saturated heterocycles. The molecule has 2 atom stereocenters. The zero-order valence-corrected chi connectivity index (χ0v) is 13.2. The number of benzene rings is 1. The second-order valence-corrected chi connectivity index (χ2v) is 6.11. The topological polar surface area (TPSA) is 37.0 Å². The summed E-state index contributed by atoms with van der Waals surface area (Å²) in [5, 5.41) is 7.48. The van der Waals surface area contributed by atoms with E-state index in [4.69, 9.17) is 23.8 Å². The fraction of sp³-hybridized carbons (Fsp3) is 0.250. The molecule has 1 aromatic carbocycles. The van der Waals surface area contributed by atoms with Crippen molar-refractivity contribution < 1.29 is 0 Å². The highest BCUT2D eigenvalue weighted by Gasteiger charge is 2.38. The van der Waals surface area contributed by atoms with Crippen LogP contribution in [0, 0.1) is 6.92 Å². The van der Waals surface area contributed by atoms with E-state index in [1.165, 1.54) is 11.1 Å². The van der Waals surface area contributed by atoms with E-state index in [-0.39, 0.29) is 0 Å². The standard InChI is InChI=1S/C16H16ClN3S/c1-10-4-6-11(7-5-10)12-9-14(12)19-16(21)20-15-13(17)3-2-8-18-15/h2-8,12,14H,9H2,1H3,(H2,18,19,20,21). The highest BCUT2D eigenvalue weighted by Crippen LogP contribution is 2.40. The van der Waals surface area contributed by atoms with Crippen LogP contribution < -0.4 is 10.6 Å². The minimum absolute atomic E-state index is 0.384. The number of hydrogen-bond acceptors (Lipinski definition) is 2. The number of nitrogens with zero attached hydrogens (tertiary/aromatic N) is 1. The van der Waals surface area contributed by atoms with Gasteiger partial charge in [0.2, 0.25) is 0 Å². The van der Waals surface area contributed by atoms with Crippen LogP contribution in [0.2, 0.25) is 5.02 Å². The van der Waals surface area contributed by atoms with Crippen molar-refractivity contribution in [3.8, 4) is 0 Å². The van der Waals surface area contributed by atoms with Crippen LogP contribution in [-0.4, -0.2) is 16.1 Å². The molecule has 1 aliphatic carbocycles. The van der Waals surface area contributed by atoms with Crippen molar-refractivity contribution >= 4 is 34.7 Å². The van der Waals surface area contributed by atoms with E-state index in [0.29, 0.717) is 27.9 Å². The highest BCUT2D eigenvalue weighted by molar-refractivity contribution is 7.80. The van der Waals surface area contributed by atoms with Crippen LogP contribution in [0.15, 0.2) is 42.6 Å². The van der Waals surface area contributed by atoms with E-state index in [0.717, 1.165) is 6.42 Å². The van der Waals surface area contributed by atoms with Gasteiger partial charge < -0.3 is 10.6 Å². The van der Waals surface area contributed by atoms with Crippen LogP contribution >= 0.6 is 23.8 Å². The first-order valence-corrected chi connectivity index (χ1v) is 7.67. The lowest BCUT2D eigenvalue weighted by atomic mass is 10.1. The number of anilines is 1. The van der Waals surface area contributed by atoms with E-state index in [1.807, 2.05) is 0 Å². The first-order valence-electron chi connectivity index (χ1n) is 6.88. The van der Waals surface area contributed by atoms with Crippen molar-refractivity contribution in [1.82, 2.24) is 10.3 Å². The second-order valence-electron chi connectivity index (χ2n) is 5.29. The van der Waals surface area contributed by atoms with Gasteiger partial charge in [-0.3, -0.25) is 0 Å². The number of aryl methyl sites for hydroxylation is 1. The Kier molecular flexibility index (Phi) is 4.08. The summed E-state index contributed by atoms with van der Waals surface area (Å²) in [6.07, 6.45) is 2.78. The molecule has 3 rings (SSSR count). The third-order valence-electron chi connectivity index (χ3n) is 3.60. The zero-order chi connectivity index (χ0) is 14.8. The van der Waals surface area contributed by atoms with Crippen LogP contribution in [0.3, 0.4) is 0 Å². The van der Waals surface area contributed by atoms with Crippen LogP contribution in [0.5, 0.6) is 0 Å². The lowest BCUT2D eigenvalue weighted by molar-refractivity contribution is 0.876. The van der Waals surface area contributed by atoms with Gasteiger partial charge in [-0.25, -0.2) is 4.98 Å². The molecule has 1 aromatic heterocycles. The summed E-state index contributed by atoms with van der Waals surface area (Å²) in [7, 11) is 0. The fourth-order valence-electron chi connectivity index (χ4n) is 2.33. The molecule has 2 unspecified atom stereocenters. The summed E-state index contributed by atoms with van der Waals surface area (Å²) in [6, 6.07) is 12.6. The maximum atomic E-state index is 6.05. The van der Waals surface area contributed by atoms with E-state index in [9.17, 15) is 0 Å². The lowest BCUT2D eigenvalue weighted by Gasteiger charge is -2.10. The van der Waals surface area contributed by atoms with Gasteiger partial charge in [0, 0.05) is 18.2 Å². The SMILES string of the molecule is Cc1ccc(C2CC2NC(=S)Nc2ncccc2Cl)cc1. The molecule has 1 heterocycles. The summed E-state index contributed by atoms with van der Waals surface area (Å²) in [6.45, 7) is 2.10. The van der Waals surface area contributed by atoms with Crippen molar-refractivity contribution in [3.05, 3.63) is 58.7 Å². The Morgan fingerprint density at radius 2 is 2.05 bits per heavy atom. The number of aromatic nitrogens is 1. The summed E-state index contributed by atoms with van der Waals surface area (Å²) < 4.78 is 0. The van der Waals surface area contributed by atoms with E-state index < -0.39 is 0 Å². The Balaban J connectivity index is 1.55. The molecule has 0 radical (unpaired) electrons. The summed E-state index contributed by atoms with van der Waals surface area (Å²) >= 11 is 11.4. The van der Waals surface area contributed by atoms with E-state index in [2.05, 4.69) is 46.8 Å². The van der Waals surface area contributed by atoms with Gasteiger partial charge in [-0.15, -0.1) is 0 Å². The number of halogens is 1. The molecule has 5 heteroatoms. The van der Waals surface area contributed by atoms with Gasteiger partial charge in [0.05, 0.1) is 5.02 Å². The number of hydrogen-bond donors (Lipinski definition) is 2. The molecule has 2 aromatic rings. The Morgan fingerprint density at radius 1 is 1.29 bits per heavy atom. The molecular weight excluding hydrogens is 302 g/mol. The van der Waals surface area contributed by atoms with Crippen molar-refractivity contribution in [2.75, 3.05) is 5.32 Å². The van der Waals surface area contributed by atoms with Crippen molar-refractivity contribution in [3.63, 3.8) is 0 Å². The Bertz CT molecular complexity index is 657. The summed E-state index contributed by atoms with van der Waals surface area (Å²) in [5.74, 6) is 1.12. The summed E-state index contributed by atoms with van der Waals surface area (Å²) in [5.41, 5.74) is 2.64. The van der Waals surface area contributed by atoms with Gasteiger partial charge >= 0.3 is 0 Å². The molecular formula is C16H16ClN3S. The van der Waals surface area contributed by atoms with Crippen LogP contribution in [0.4, 0.5) is 5.82 Å². The lowest BCUT2D eigenvalue weighted by Crippen LogP contribution is -2.31. The third-order valence-corrected chi connectivity index (χ3v) is 4.13. The van der Waals surface area contributed by atoms with E-state index in [1.54, 1.807) is 18.3 Å². The smallest absolute Gasteiger partial charge is 0.172 e. The Hall–Kier alpha value is -1.65. The quantitative estimate of drug-likeness (QED) is 0.842. The predicted octanol–water partition coefficient (Wildman–Crippen LogP) is 3.89. The molecule has 108 valence electrons. The van der Waals surface area contributed by atoms with Gasteiger partial charge in [-0.2, -0.15) is 0 Å². The molecule has 1 aliphatic rings. The highest BCUT2D eigenvalue weighted by atomic mass is 35.5. The van der Waals surface area contributed by atoms with E-state index >= 15 is 0 Å².